The molecule has 16 heavy (non-hydrogen) atoms. The third kappa shape index (κ3) is 2.96. The number of amides is 1. The summed E-state index contributed by atoms with van der Waals surface area (Å²) in [5.41, 5.74) is 0. The molecule has 0 aliphatic carbocycles. The largest absolute Gasteiger partial charge is 0.344 e. The van der Waals surface area contributed by atoms with Gasteiger partial charge >= 0.3 is 0 Å². The molecule has 0 saturated carbocycles. The third-order valence-corrected chi connectivity index (χ3v) is 2.68. The predicted molar refractivity (Wildman–Crippen MR) is 60.3 cm³/mol. The molecule has 1 heterocycles. The van der Waals surface area contributed by atoms with Gasteiger partial charge in [-0.3, -0.25) is 9.69 Å². The van der Waals surface area contributed by atoms with Crippen LogP contribution in [0.3, 0.4) is 0 Å². The topological polar surface area (TPSA) is 68.2 Å². The van der Waals surface area contributed by atoms with Crippen molar-refractivity contribution in [2.45, 2.75) is 19.0 Å². The van der Waals surface area contributed by atoms with E-state index in [0.29, 0.717) is 13.1 Å². The number of piperazine rings is 1. The summed E-state index contributed by atoms with van der Waals surface area (Å²) in [7, 11) is 0. The summed E-state index contributed by atoms with van der Waals surface area (Å²) in [5.74, 6) is 2.23. The van der Waals surface area contributed by atoms with E-state index in [1.165, 1.54) is 0 Å². The molecule has 2 N–H and O–H groups in total. The highest BCUT2D eigenvalue weighted by atomic mass is 16.2. The Kier molecular flexibility index (Phi) is 4.78. The number of rotatable bonds is 3. The minimum atomic E-state index is -0.319. The normalized spacial score (nSPS) is 22.8. The van der Waals surface area contributed by atoms with Gasteiger partial charge in [-0.25, -0.2) is 0 Å². The summed E-state index contributed by atoms with van der Waals surface area (Å²) in [4.78, 5) is 13.6. The Hall–Kier alpha value is -1.56. The lowest BCUT2D eigenvalue weighted by atomic mass is 10.1. The average Bonchev–Trinajstić information content (AvgIpc) is 2.34. The number of nitrogens with one attached hydrogen (secondary N) is 2. The maximum Gasteiger partial charge on any atom is 0.237 e. The van der Waals surface area contributed by atoms with Gasteiger partial charge in [-0.05, 0) is 6.92 Å². The Morgan fingerprint density at radius 2 is 2.56 bits per heavy atom. The smallest absolute Gasteiger partial charge is 0.237 e. The van der Waals surface area contributed by atoms with Crippen LogP contribution in [0.2, 0.25) is 0 Å². The molecule has 5 heteroatoms. The van der Waals surface area contributed by atoms with Crippen LogP contribution in [0.5, 0.6) is 0 Å². The minimum Gasteiger partial charge on any atom is -0.344 e. The van der Waals surface area contributed by atoms with E-state index in [4.69, 9.17) is 11.7 Å². The van der Waals surface area contributed by atoms with Crippen LogP contribution in [0.4, 0.5) is 0 Å². The van der Waals surface area contributed by atoms with Crippen molar-refractivity contribution < 1.29 is 4.79 Å². The molecule has 1 amide bonds. The lowest BCUT2D eigenvalue weighted by Gasteiger charge is -2.35. The summed E-state index contributed by atoms with van der Waals surface area (Å²) in [6.45, 7) is 4.12. The summed E-state index contributed by atoms with van der Waals surface area (Å²) in [6.07, 6.45) is 5.07. The molecule has 86 valence electrons. The van der Waals surface area contributed by atoms with E-state index in [-0.39, 0.29) is 24.5 Å². The van der Waals surface area contributed by atoms with Gasteiger partial charge in [-0.15, -0.1) is 6.42 Å². The molecule has 0 aromatic rings. The summed E-state index contributed by atoms with van der Waals surface area (Å²) in [6, 6.07) is 1.62. The fourth-order valence-corrected chi connectivity index (χ4v) is 1.74. The quantitative estimate of drug-likeness (QED) is 0.594. The number of nitrogens with zero attached hydrogens (tertiary/aromatic N) is 2. The van der Waals surface area contributed by atoms with Crippen molar-refractivity contribution in [1.82, 2.24) is 15.5 Å². The molecule has 2 atom stereocenters. The lowest BCUT2D eigenvalue weighted by molar-refractivity contribution is -0.126. The molecule has 1 aliphatic heterocycles. The van der Waals surface area contributed by atoms with E-state index in [0.717, 1.165) is 6.54 Å². The highest BCUT2D eigenvalue weighted by molar-refractivity contribution is 5.81. The van der Waals surface area contributed by atoms with Crippen molar-refractivity contribution >= 4 is 5.91 Å². The second-order valence-electron chi connectivity index (χ2n) is 3.68. The second kappa shape index (κ2) is 6.12. The Bertz CT molecular complexity index is 328. The molecule has 5 nitrogen and oxygen atoms in total. The number of terminal acetylenes is 1. The zero-order valence-corrected chi connectivity index (χ0v) is 9.36. The van der Waals surface area contributed by atoms with Crippen LogP contribution in [0, 0.1) is 23.7 Å². The fraction of sp³-hybridized carbons (Fsp3) is 0.636. The van der Waals surface area contributed by atoms with Gasteiger partial charge in [-0.1, -0.05) is 5.92 Å². The van der Waals surface area contributed by atoms with E-state index < -0.39 is 0 Å². The van der Waals surface area contributed by atoms with Crippen molar-refractivity contribution in [2.75, 3.05) is 26.2 Å². The van der Waals surface area contributed by atoms with Crippen LogP contribution in [-0.2, 0) is 4.79 Å². The van der Waals surface area contributed by atoms with Crippen LogP contribution >= 0.6 is 0 Å². The van der Waals surface area contributed by atoms with Gasteiger partial charge in [0.1, 0.15) is 6.04 Å². The summed E-state index contributed by atoms with van der Waals surface area (Å²) in [5, 5.41) is 14.7. The van der Waals surface area contributed by atoms with Gasteiger partial charge in [0, 0.05) is 19.6 Å². The Balaban J connectivity index is 2.57. The SMILES string of the molecule is C#CCNC(=O)C(C)N1CCNCC1C#N. The van der Waals surface area contributed by atoms with Crippen molar-refractivity contribution in [3.8, 4) is 18.4 Å². The van der Waals surface area contributed by atoms with Crippen molar-refractivity contribution in [1.29, 1.82) is 5.26 Å². The zero-order valence-electron chi connectivity index (χ0n) is 9.36. The number of hydrogen-bond acceptors (Lipinski definition) is 4. The zero-order chi connectivity index (χ0) is 12.0. The molecule has 0 radical (unpaired) electrons. The molecule has 1 fully saturated rings. The van der Waals surface area contributed by atoms with Gasteiger partial charge in [0.2, 0.25) is 5.91 Å². The number of hydrogen-bond donors (Lipinski definition) is 2. The standard InChI is InChI=1S/C11H16N4O/c1-3-4-14-11(16)9(2)15-6-5-13-8-10(15)7-12/h1,9-10,13H,4-6,8H2,2H3,(H,14,16). The predicted octanol–water partition coefficient (Wildman–Crippen LogP) is -1.08. The molecule has 1 saturated heterocycles. The van der Waals surface area contributed by atoms with E-state index in [9.17, 15) is 4.79 Å². The van der Waals surface area contributed by atoms with Gasteiger partial charge < -0.3 is 10.6 Å². The first-order valence-corrected chi connectivity index (χ1v) is 5.28. The Labute approximate surface area is 95.8 Å². The van der Waals surface area contributed by atoms with E-state index in [1.807, 2.05) is 4.90 Å². The monoisotopic (exact) mass is 220 g/mol. The van der Waals surface area contributed by atoms with Gasteiger partial charge in [0.05, 0.1) is 18.7 Å². The third-order valence-electron chi connectivity index (χ3n) is 2.68. The van der Waals surface area contributed by atoms with Crippen LogP contribution in [0.15, 0.2) is 0 Å². The summed E-state index contributed by atoms with van der Waals surface area (Å²) >= 11 is 0. The average molecular weight is 220 g/mol. The first-order chi connectivity index (χ1) is 7.70. The molecule has 2 unspecified atom stereocenters. The van der Waals surface area contributed by atoms with Crippen molar-refractivity contribution in [3.63, 3.8) is 0 Å². The van der Waals surface area contributed by atoms with Crippen LogP contribution in [0.25, 0.3) is 0 Å². The first-order valence-electron chi connectivity index (χ1n) is 5.28. The molecule has 0 bridgehead atoms. The molecule has 0 spiro atoms. The van der Waals surface area contributed by atoms with Gasteiger partial charge in [0.15, 0.2) is 0 Å². The van der Waals surface area contributed by atoms with E-state index in [1.54, 1.807) is 6.92 Å². The minimum absolute atomic E-state index is 0.125. The van der Waals surface area contributed by atoms with Crippen LogP contribution in [-0.4, -0.2) is 49.1 Å². The maximum absolute atomic E-state index is 11.7. The molecule has 0 aromatic heterocycles. The Morgan fingerprint density at radius 1 is 1.81 bits per heavy atom. The molecule has 1 aliphatic rings. The number of carbonyl (C=O) groups excluding carboxylic acids is 1. The summed E-state index contributed by atoms with van der Waals surface area (Å²) < 4.78 is 0. The van der Waals surface area contributed by atoms with Crippen LogP contribution < -0.4 is 10.6 Å². The van der Waals surface area contributed by atoms with Crippen molar-refractivity contribution in [2.24, 2.45) is 0 Å². The number of nitriles is 1. The number of carbonyl (C=O) groups is 1. The highest BCUT2D eigenvalue weighted by Gasteiger charge is 2.29. The fourth-order valence-electron chi connectivity index (χ4n) is 1.74. The first kappa shape index (κ1) is 12.5. The maximum atomic E-state index is 11.7. The molecular formula is C11H16N4O. The van der Waals surface area contributed by atoms with E-state index in [2.05, 4.69) is 22.6 Å². The van der Waals surface area contributed by atoms with E-state index >= 15 is 0 Å². The van der Waals surface area contributed by atoms with Gasteiger partial charge in [-0.2, -0.15) is 5.26 Å². The molecule has 1 rings (SSSR count). The Morgan fingerprint density at radius 3 is 3.19 bits per heavy atom. The highest BCUT2D eigenvalue weighted by Crippen LogP contribution is 2.07. The van der Waals surface area contributed by atoms with Crippen LogP contribution in [0.1, 0.15) is 6.92 Å². The van der Waals surface area contributed by atoms with Gasteiger partial charge in [0.25, 0.3) is 0 Å². The van der Waals surface area contributed by atoms with Crippen molar-refractivity contribution in [3.05, 3.63) is 0 Å². The molecule has 0 aromatic carbocycles. The molecular weight excluding hydrogens is 204 g/mol. The second-order valence-corrected chi connectivity index (χ2v) is 3.68. The lowest BCUT2D eigenvalue weighted by Crippen LogP contribution is -2.57.